The topological polar surface area (TPSA) is 51.2 Å². The molecule has 0 radical (unpaired) electrons. The third-order valence-corrected chi connectivity index (χ3v) is 2.61. The van der Waals surface area contributed by atoms with Crippen LogP contribution in [-0.4, -0.2) is 30.3 Å². The number of pyridine rings is 1. The Balaban J connectivity index is 2.47. The third kappa shape index (κ3) is 5.94. The maximum absolute atomic E-state index is 11.8. The van der Waals surface area contributed by atoms with Gasteiger partial charge in [0.2, 0.25) is 5.91 Å². The lowest BCUT2D eigenvalue weighted by Crippen LogP contribution is -2.20. The van der Waals surface area contributed by atoms with Crippen molar-refractivity contribution in [3.8, 4) is 0 Å². The number of hydrogen-bond acceptors (Lipinski definition) is 3. The first-order valence-corrected chi connectivity index (χ1v) is 6.21. The molecule has 4 nitrogen and oxygen atoms in total. The number of hydrogen-bond donors (Lipinski definition) is 1. The third-order valence-electron chi connectivity index (χ3n) is 2.14. The number of alkyl halides is 3. The molecule has 20 heavy (non-hydrogen) atoms. The van der Waals surface area contributed by atoms with Crippen LogP contribution in [0.25, 0.3) is 0 Å². The highest BCUT2D eigenvalue weighted by molar-refractivity contribution is 6.34. The van der Waals surface area contributed by atoms with Gasteiger partial charge in [0.05, 0.1) is 18.7 Å². The van der Waals surface area contributed by atoms with Crippen LogP contribution in [0, 0.1) is 6.92 Å². The standard InChI is InChI=1S/C11H11Cl2F3N2O2/c1-6-4-7(12)17-10(13)9(6)18-8(19)2-3-20-5-11(14,15)16/h4H,2-3,5H2,1H3,(H,18,19). The fourth-order valence-corrected chi connectivity index (χ4v) is 1.88. The van der Waals surface area contributed by atoms with E-state index in [0.717, 1.165) is 0 Å². The van der Waals surface area contributed by atoms with Crippen molar-refractivity contribution in [1.29, 1.82) is 0 Å². The Kier molecular flexibility index (Phi) is 6.04. The van der Waals surface area contributed by atoms with Crippen LogP contribution in [-0.2, 0) is 9.53 Å². The van der Waals surface area contributed by atoms with Gasteiger partial charge in [0, 0.05) is 0 Å². The molecule has 0 saturated carbocycles. The zero-order chi connectivity index (χ0) is 15.3. The van der Waals surface area contributed by atoms with Crippen molar-refractivity contribution in [2.75, 3.05) is 18.5 Å². The van der Waals surface area contributed by atoms with Crippen molar-refractivity contribution < 1.29 is 22.7 Å². The van der Waals surface area contributed by atoms with Crippen molar-refractivity contribution in [3.05, 3.63) is 21.9 Å². The number of amides is 1. The van der Waals surface area contributed by atoms with E-state index in [0.29, 0.717) is 5.56 Å². The zero-order valence-electron chi connectivity index (χ0n) is 10.4. The molecule has 1 rings (SSSR count). The van der Waals surface area contributed by atoms with Gasteiger partial charge in [0.15, 0.2) is 5.15 Å². The summed E-state index contributed by atoms with van der Waals surface area (Å²) in [5, 5.41) is 2.64. The lowest BCUT2D eigenvalue weighted by Gasteiger charge is -2.11. The molecule has 1 aromatic heterocycles. The first kappa shape index (κ1) is 17.0. The Morgan fingerprint density at radius 2 is 2.10 bits per heavy atom. The lowest BCUT2D eigenvalue weighted by atomic mass is 10.2. The van der Waals surface area contributed by atoms with E-state index in [1.165, 1.54) is 6.07 Å². The Morgan fingerprint density at radius 3 is 2.65 bits per heavy atom. The number of anilines is 1. The quantitative estimate of drug-likeness (QED) is 0.662. The van der Waals surface area contributed by atoms with Gasteiger partial charge >= 0.3 is 6.18 Å². The molecule has 0 atom stereocenters. The first-order valence-electron chi connectivity index (χ1n) is 5.46. The minimum atomic E-state index is -4.41. The van der Waals surface area contributed by atoms with Crippen molar-refractivity contribution in [2.45, 2.75) is 19.5 Å². The first-order chi connectivity index (χ1) is 9.19. The number of carbonyl (C=O) groups is 1. The zero-order valence-corrected chi connectivity index (χ0v) is 11.9. The highest BCUT2D eigenvalue weighted by atomic mass is 35.5. The second-order valence-corrected chi connectivity index (χ2v) is 4.64. The normalized spacial score (nSPS) is 11.5. The SMILES string of the molecule is Cc1cc(Cl)nc(Cl)c1NC(=O)CCOCC(F)(F)F. The molecule has 0 aliphatic rings. The number of aromatic nitrogens is 1. The van der Waals surface area contributed by atoms with Gasteiger partial charge in [-0.25, -0.2) is 4.98 Å². The summed E-state index contributed by atoms with van der Waals surface area (Å²) in [7, 11) is 0. The molecule has 1 amide bonds. The van der Waals surface area contributed by atoms with Gasteiger partial charge in [0.1, 0.15) is 11.8 Å². The number of aryl methyl sites for hydroxylation is 1. The van der Waals surface area contributed by atoms with Crippen LogP contribution < -0.4 is 5.32 Å². The predicted octanol–water partition coefficient (Wildman–Crippen LogP) is 3.60. The summed E-state index contributed by atoms with van der Waals surface area (Å²) >= 11 is 11.5. The van der Waals surface area contributed by atoms with Crippen LogP contribution in [0.1, 0.15) is 12.0 Å². The van der Waals surface area contributed by atoms with Crippen LogP contribution in [0.5, 0.6) is 0 Å². The molecule has 0 unspecified atom stereocenters. The number of carbonyl (C=O) groups excluding carboxylic acids is 1. The Hall–Kier alpha value is -1.05. The van der Waals surface area contributed by atoms with E-state index >= 15 is 0 Å². The van der Waals surface area contributed by atoms with Gasteiger partial charge in [-0.05, 0) is 18.6 Å². The van der Waals surface area contributed by atoms with E-state index in [-0.39, 0.29) is 29.0 Å². The number of nitrogens with zero attached hydrogens (tertiary/aromatic N) is 1. The Bertz CT molecular complexity index is 472. The molecule has 0 aliphatic heterocycles. The molecule has 0 spiro atoms. The van der Waals surface area contributed by atoms with Gasteiger partial charge in [-0.3, -0.25) is 4.79 Å². The van der Waals surface area contributed by atoms with E-state index in [1.807, 2.05) is 0 Å². The minimum absolute atomic E-state index is 0.0135. The second-order valence-electron chi connectivity index (χ2n) is 3.89. The predicted molar refractivity (Wildman–Crippen MR) is 69.1 cm³/mol. The van der Waals surface area contributed by atoms with Crippen LogP contribution in [0.3, 0.4) is 0 Å². The monoisotopic (exact) mass is 330 g/mol. The fourth-order valence-electron chi connectivity index (χ4n) is 1.30. The van der Waals surface area contributed by atoms with Crippen LogP contribution in [0.15, 0.2) is 6.07 Å². The molecule has 0 saturated heterocycles. The largest absolute Gasteiger partial charge is 0.411 e. The summed E-state index contributed by atoms with van der Waals surface area (Å²) in [6.07, 6.45) is -4.63. The molecule has 0 bridgehead atoms. The van der Waals surface area contributed by atoms with Gasteiger partial charge in [-0.2, -0.15) is 13.2 Å². The van der Waals surface area contributed by atoms with Crippen LogP contribution in [0.2, 0.25) is 10.3 Å². The number of rotatable bonds is 5. The molecule has 1 heterocycles. The highest BCUT2D eigenvalue weighted by Crippen LogP contribution is 2.26. The molecule has 1 aromatic rings. The van der Waals surface area contributed by atoms with E-state index < -0.39 is 18.7 Å². The highest BCUT2D eigenvalue weighted by Gasteiger charge is 2.27. The Morgan fingerprint density at radius 1 is 1.45 bits per heavy atom. The molecular formula is C11H11Cl2F3N2O2. The fraction of sp³-hybridized carbons (Fsp3) is 0.455. The van der Waals surface area contributed by atoms with Crippen molar-refractivity contribution >= 4 is 34.8 Å². The van der Waals surface area contributed by atoms with Gasteiger partial charge in [-0.1, -0.05) is 23.2 Å². The Labute approximate surface area is 123 Å². The number of halogens is 5. The lowest BCUT2D eigenvalue weighted by molar-refractivity contribution is -0.174. The summed E-state index contributed by atoms with van der Waals surface area (Å²) in [6, 6.07) is 1.50. The van der Waals surface area contributed by atoms with Gasteiger partial charge in [-0.15, -0.1) is 0 Å². The summed E-state index contributed by atoms with van der Waals surface area (Å²) < 4.78 is 39.8. The van der Waals surface area contributed by atoms with E-state index in [2.05, 4.69) is 15.0 Å². The van der Waals surface area contributed by atoms with Crippen molar-refractivity contribution in [1.82, 2.24) is 4.98 Å². The maximum atomic E-state index is 11.8. The molecule has 112 valence electrons. The van der Waals surface area contributed by atoms with Crippen molar-refractivity contribution in [2.24, 2.45) is 0 Å². The molecule has 1 N–H and O–H groups in total. The maximum Gasteiger partial charge on any atom is 0.411 e. The summed E-state index contributed by atoms with van der Waals surface area (Å²) in [6.45, 7) is -0.0687. The van der Waals surface area contributed by atoms with Gasteiger partial charge in [0.25, 0.3) is 0 Å². The molecule has 9 heteroatoms. The summed E-state index contributed by atoms with van der Waals surface area (Å²) in [5.74, 6) is -0.527. The average Bonchev–Trinajstić information content (AvgIpc) is 2.28. The van der Waals surface area contributed by atoms with Crippen molar-refractivity contribution in [3.63, 3.8) is 0 Å². The summed E-state index contributed by atoms with van der Waals surface area (Å²) in [5.41, 5.74) is 0.872. The number of nitrogens with one attached hydrogen (secondary N) is 1. The average molecular weight is 331 g/mol. The summed E-state index contributed by atoms with van der Waals surface area (Å²) in [4.78, 5) is 15.3. The number of ether oxygens (including phenoxy) is 1. The molecule has 0 fully saturated rings. The van der Waals surface area contributed by atoms with E-state index in [9.17, 15) is 18.0 Å². The van der Waals surface area contributed by atoms with Crippen LogP contribution >= 0.6 is 23.2 Å². The van der Waals surface area contributed by atoms with E-state index in [1.54, 1.807) is 6.92 Å². The van der Waals surface area contributed by atoms with Crippen LogP contribution in [0.4, 0.5) is 18.9 Å². The van der Waals surface area contributed by atoms with Gasteiger partial charge < -0.3 is 10.1 Å². The second kappa shape index (κ2) is 7.10. The molecule has 0 aliphatic carbocycles. The minimum Gasteiger partial charge on any atom is -0.372 e. The van der Waals surface area contributed by atoms with E-state index in [4.69, 9.17) is 23.2 Å². The molecule has 0 aromatic carbocycles. The smallest absolute Gasteiger partial charge is 0.372 e. The molecular weight excluding hydrogens is 320 g/mol.